The fourth-order valence-electron chi connectivity index (χ4n) is 7.73. The molecule has 0 aromatic rings. The second-order valence-electron chi connectivity index (χ2n) is 10.6. The largest absolute Gasteiger partial charge is 0.349 e. The van der Waals surface area contributed by atoms with Gasteiger partial charge in [0.1, 0.15) is 0 Å². The Labute approximate surface area is 158 Å². The van der Waals surface area contributed by atoms with Crippen LogP contribution < -0.4 is 10.6 Å². The molecule has 0 spiro atoms. The maximum atomic E-state index is 12.0. The highest BCUT2D eigenvalue weighted by Crippen LogP contribution is 2.65. The molecule has 1 heterocycles. The molecule has 4 saturated carbocycles. The molecular formula is C23H36N2O. The van der Waals surface area contributed by atoms with Crippen LogP contribution in [-0.2, 0) is 4.79 Å². The molecule has 4 aliphatic carbocycles. The maximum Gasteiger partial charge on any atom is 0.243 e. The molecule has 0 aromatic heterocycles. The van der Waals surface area contributed by atoms with E-state index in [9.17, 15) is 4.79 Å². The number of nitrogens with one attached hydrogen (secondary N) is 2. The maximum absolute atomic E-state index is 12.0. The molecule has 3 heteroatoms. The Morgan fingerprint density at radius 2 is 1.96 bits per heavy atom. The molecular weight excluding hydrogens is 320 g/mol. The molecule has 1 aliphatic heterocycles. The van der Waals surface area contributed by atoms with E-state index in [-0.39, 0.29) is 11.3 Å². The van der Waals surface area contributed by atoms with Crippen molar-refractivity contribution in [3.8, 4) is 0 Å². The number of hydrogen-bond donors (Lipinski definition) is 2. The summed E-state index contributed by atoms with van der Waals surface area (Å²) in [6.07, 6.45) is 14.8. The first kappa shape index (κ1) is 17.3. The second-order valence-corrected chi connectivity index (χ2v) is 10.6. The molecule has 0 saturated heterocycles. The third-order valence-electron chi connectivity index (χ3n) is 9.41. The summed E-state index contributed by atoms with van der Waals surface area (Å²) in [5.41, 5.74) is 0.648. The minimum atomic E-state index is 0.121. The fraction of sp³-hybridized carbons (Fsp3) is 0.870. The molecule has 26 heavy (non-hydrogen) atoms. The van der Waals surface area contributed by atoms with Crippen LogP contribution in [0.5, 0.6) is 0 Å². The number of hydrogen-bond acceptors (Lipinski definition) is 2. The molecule has 2 N–H and O–H groups in total. The molecule has 5 aliphatic rings. The smallest absolute Gasteiger partial charge is 0.243 e. The SMILES string of the molecule is CCC1CC2NC(=O)C=C[C@]2(C)[C@@H]2CC[C@]3(C)C(NC4CC4)CC[C@H]3[C@H]12. The van der Waals surface area contributed by atoms with Crippen molar-refractivity contribution in [2.75, 3.05) is 0 Å². The van der Waals surface area contributed by atoms with E-state index < -0.39 is 0 Å². The predicted octanol–water partition coefficient (Wildman–Crippen LogP) is 4.04. The highest BCUT2D eigenvalue weighted by Gasteiger charge is 2.62. The summed E-state index contributed by atoms with van der Waals surface area (Å²) in [7, 11) is 0. The second kappa shape index (κ2) is 5.83. The Morgan fingerprint density at radius 3 is 2.69 bits per heavy atom. The Morgan fingerprint density at radius 1 is 1.15 bits per heavy atom. The van der Waals surface area contributed by atoms with Gasteiger partial charge in [-0.3, -0.25) is 4.79 Å². The van der Waals surface area contributed by atoms with Gasteiger partial charge < -0.3 is 10.6 Å². The molecule has 0 radical (unpaired) electrons. The molecule has 8 atom stereocenters. The van der Waals surface area contributed by atoms with E-state index >= 15 is 0 Å². The van der Waals surface area contributed by atoms with Crippen molar-refractivity contribution >= 4 is 5.91 Å². The van der Waals surface area contributed by atoms with Crippen LogP contribution in [0.15, 0.2) is 12.2 Å². The lowest BCUT2D eigenvalue weighted by atomic mass is 9.45. The zero-order chi connectivity index (χ0) is 18.1. The normalized spacial score (nSPS) is 52.8. The monoisotopic (exact) mass is 356 g/mol. The average molecular weight is 357 g/mol. The molecule has 1 amide bonds. The molecule has 0 bridgehead atoms. The number of carbonyl (C=O) groups excluding carboxylic acids is 1. The first-order valence-electron chi connectivity index (χ1n) is 11.2. The number of rotatable bonds is 3. The van der Waals surface area contributed by atoms with Crippen molar-refractivity contribution in [2.45, 2.75) is 90.3 Å². The minimum absolute atomic E-state index is 0.121. The average Bonchev–Trinajstić information content (AvgIpc) is 3.37. The quantitative estimate of drug-likeness (QED) is 0.801. The van der Waals surface area contributed by atoms with E-state index in [0.717, 1.165) is 35.8 Å². The lowest BCUT2D eigenvalue weighted by Gasteiger charge is -2.61. The molecule has 3 unspecified atom stereocenters. The Hall–Kier alpha value is -0.830. The standard InChI is InChI=1S/C23H36N2O/c1-4-14-13-19-23(3,12-10-20(26)25-19)17-9-11-22(2)16(21(14)17)7-8-18(22)24-15-5-6-15/h10,12,14-19,21,24H,4-9,11,13H2,1-3H3,(H,25,26)/t14?,16-,17+,18?,19?,21-,22-,23+/m0/s1. The summed E-state index contributed by atoms with van der Waals surface area (Å²) in [5, 5.41) is 7.35. The summed E-state index contributed by atoms with van der Waals surface area (Å²) in [6, 6.07) is 1.91. The molecule has 3 nitrogen and oxygen atoms in total. The Kier molecular flexibility index (Phi) is 3.88. The van der Waals surface area contributed by atoms with Crippen LogP contribution in [0.3, 0.4) is 0 Å². The van der Waals surface area contributed by atoms with E-state index in [2.05, 4.69) is 37.5 Å². The summed E-state index contributed by atoms with van der Waals surface area (Å²) in [4.78, 5) is 12.0. The van der Waals surface area contributed by atoms with Crippen LogP contribution in [0.2, 0.25) is 0 Å². The lowest BCUT2D eigenvalue weighted by molar-refractivity contribution is -0.126. The minimum Gasteiger partial charge on any atom is -0.349 e. The van der Waals surface area contributed by atoms with Gasteiger partial charge in [0.25, 0.3) is 0 Å². The fourth-order valence-corrected chi connectivity index (χ4v) is 7.73. The summed E-state index contributed by atoms with van der Waals surface area (Å²) >= 11 is 0. The van der Waals surface area contributed by atoms with Crippen LogP contribution in [-0.4, -0.2) is 24.0 Å². The Balaban J connectivity index is 1.48. The van der Waals surface area contributed by atoms with E-state index in [1.54, 1.807) is 0 Å². The van der Waals surface area contributed by atoms with Crippen LogP contribution in [0.25, 0.3) is 0 Å². The van der Waals surface area contributed by atoms with Gasteiger partial charge in [-0.15, -0.1) is 0 Å². The predicted molar refractivity (Wildman–Crippen MR) is 105 cm³/mol. The van der Waals surface area contributed by atoms with Crippen molar-refractivity contribution in [1.82, 2.24) is 10.6 Å². The van der Waals surface area contributed by atoms with E-state index in [0.29, 0.717) is 11.5 Å². The third kappa shape index (κ3) is 2.38. The summed E-state index contributed by atoms with van der Waals surface area (Å²) in [6.45, 7) is 7.43. The molecule has 144 valence electrons. The van der Waals surface area contributed by atoms with Crippen molar-refractivity contribution < 1.29 is 4.79 Å². The zero-order valence-corrected chi connectivity index (χ0v) is 16.8. The van der Waals surface area contributed by atoms with Crippen LogP contribution >= 0.6 is 0 Å². The van der Waals surface area contributed by atoms with Gasteiger partial charge >= 0.3 is 0 Å². The molecule has 0 aromatic carbocycles. The van der Waals surface area contributed by atoms with Crippen molar-refractivity contribution in [3.63, 3.8) is 0 Å². The van der Waals surface area contributed by atoms with Crippen LogP contribution in [0.4, 0.5) is 0 Å². The number of carbonyl (C=O) groups is 1. The lowest BCUT2D eigenvalue weighted by Crippen LogP contribution is -2.62. The highest BCUT2D eigenvalue weighted by atomic mass is 16.1. The summed E-state index contributed by atoms with van der Waals surface area (Å²) < 4.78 is 0. The van der Waals surface area contributed by atoms with Gasteiger partial charge in [0.15, 0.2) is 0 Å². The first-order valence-corrected chi connectivity index (χ1v) is 11.2. The van der Waals surface area contributed by atoms with Gasteiger partial charge in [-0.25, -0.2) is 0 Å². The third-order valence-corrected chi connectivity index (χ3v) is 9.41. The van der Waals surface area contributed by atoms with E-state index in [1.165, 1.54) is 51.4 Å². The number of amides is 1. The van der Waals surface area contributed by atoms with Gasteiger partial charge in [0.2, 0.25) is 5.91 Å². The Bertz CT molecular complexity index is 626. The van der Waals surface area contributed by atoms with Crippen molar-refractivity contribution in [1.29, 1.82) is 0 Å². The van der Waals surface area contributed by atoms with E-state index in [4.69, 9.17) is 0 Å². The van der Waals surface area contributed by atoms with Crippen LogP contribution in [0.1, 0.15) is 72.1 Å². The van der Waals surface area contributed by atoms with Gasteiger partial charge in [-0.05, 0) is 80.1 Å². The topological polar surface area (TPSA) is 41.1 Å². The van der Waals surface area contributed by atoms with Crippen molar-refractivity contribution in [3.05, 3.63) is 12.2 Å². The van der Waals surface area contributed by atoms with Gasteiger partial charge in [-0.1, -0.05) is 33.3 Å². The highest BCUT2D eigenvalue weighted by molar-refractivity contribution is 5.89. The summed E-state index contributed by atoms with van der Waals surface area (Å²) in [5.74, 6) is 3.34. The molecule has 5 rings (SSSR count). The zero-order valence-electron chi connectivity index (χ0n) is 16.8. The first-order chi connectivity index (χ1) is 12.5. The van der Waals surface area contributed by atoms with Crippen LogP contribution in [0, 0.1) is 34.5 Å². The van der Waals surface area contributed by atoms with Gasteiger partial charge in [-0.2, -0.15) is 0 Å². The van der Waals surface area contributed by atoms with Gasteiger partial charge in [0.05, 0.1) is 0 Å². The van der Waals surface area contributed by atoms with E-state index in [1.807, 2.05) is 6.08 Å². The van der Waals surface area contributed by atoms with Gasteiger partial charge in [0, 0.05) is 23.5 Å². The number of fused-ring (bicyclic) bond motifs is 5. The molecule has 4 fully saturated rings. The van der Waals surface area contributed by atoms with Crippen molar-refractivity contribution in [2.24, 2.45) is 34.5 Å².